The van der Waals surface area contributed by atoms with Crippen molar-refractivity contribution in [3.8, 4) is 0 Å². The van der Waals surface area contributed by atoms with Crippen LogP contribution in [-0.2, 0) is 20.0 Å². The van der Waals surface area contributed by atoms with E-state index in [1.165, 1.54) is 0 Å². The summed E-state index contributed by atoms with van der Waals surface area (Å²) in [6.45, 7) is 0. The van der Waals surface area contributed by atoms with Crippen molar-refractivity contribution in [3.05, 3.63) is 7.05 Å². The molecule has 0 bridgehead atoms. The second-order valence-electron chi connectivity index (χ2n) is 1.80. The SMILES string of the molecule is [CH2]N(S(C)(=O)=O)S(C)(=O)=O. The first-order chi connectivity index (χ1) is 4.15. The van der Waals surface area contributed by atoms with Crippen molar-refractivity contribution in [3.63, 3.8) is 0 Å². The minimum atomic E-state index is -3.73. The highest BCUT2D eigenvalue weighted by atomic mass is 32.3. The standard InChI is InChI=1S/C3H8NO4S2/c1-4(9(2,5)6)10(3,7)8/h1H2,2-3H3. The first-order valence-electron chi connectivity index (χ1n) is 2.16. The number of sulfonamides is 2. The zero-order chi connectivity index (χ0) is 8.58. The van der Waals surface area contributed by atoms with E-state index in [2.05, 4.69) is 7.05 Å². The van der Waals surface area contributed by atoms with Gasteiger partial charge in [-0.15, -0.1) is 0 Å². The Kier molecular flexibility index (Phi) is 2.44. The van der Waals surface area contributed by atoms with Crippen molar-refractivity contribution in [2.24, 2.45) is 0 Å². The fourth-order valence-corrected chi connectivity index (χ4v) is 2.21. The van der Waals surface area contributed by atoms with E-state index in [0.717, 1.165) is 12.5 Å². The lowest BCUT2D eigenvalue weighted by molar-refractivity contribution is 0.544. The Morgan fingerprint density at radius 1 is 1.00 bits per heavy atom. The molecule has 0 saturated carbocycles. The lowest BCUT2D eigenvalue weighted by Crippen LogP contribution is -2.29. The Morgan fingerprint density at radius 3 is 1.20 bits per heavy atom. The summed E-state index contributed by atoms with van der Waals surface area (Å²) in [7, 11) is -4.61. The third-order valence-electron chi connectivity index (χ3n) is 0.740. The maximum Gasteiger partial charge on any atom is 0.224 e. The van der Waals surface area contributed by atoms with Gasteiger partial charge < -0.3 is 0 Å². The van der Waals surface area contributed by atoms with Crippen molar-refractivity contribution in [1.29, 1.82) is 0 Å². The van der Waals surface area contributed by atoms with Gasteiger partial charge in [-0.2, -0.15) is 0 Å². The third kappa shape index (κ3) is 2.63. The molecule has 0 aliphatic heterocycles. The molecule has 0 aromatic heterocycles. The zero-order valence-electron chi connectivity index (χ0n) is 5.60. The second-order valence-corrected chi connectivity index (χ2v) is 5.84. The van der Waals surface area contributed by atoms with Crippen molar-refractivity contribution in [2.75, 3.05) is 12.5 Å². The molecular weight excluding hydrogens is 178 g/mol. The van der Waals surface area contributed by atoms with Gasteiger partial charge in [-0.05, 0) is 0 Å². The quantitative estimate of drug-likeness (QED) is 0.554. The molecule has 0 spiro atoms. The highest BCUT2D eigenvalue weighted by molar-refractivity contribution is 8.03. The zero-order valence-corrected chi connectivity index (χ0v) is 7.24. The molecule has 0 aromatic carbocycles. The molecule has 0 aliphatic carbocycles. The van der Waals surface area contributed by atoms with Crippen molar-refractivity contribution >= 4 is 20.0 Å². The summed E-state index contributed by atoms with van der Waals surface area (Å²) in [4.78, 5) is 0. The van der Waals surface area contributed by atoms with E-state index in [1.807, 2.05) is 0 Å². The van der Waals surface area contributed by atoms with E-state index in [0.29, 0.717) is 0 Å². The van der Waals surface area contributed by atoms with E-state index in [-0.39, 0.29) is 3.71 Å². The summed E-state index contributed by atoms with van der Waals surface area (Å²) in [5.74, 6) is 0. The van der Waals surface area contributed by atoms with Crippen molar-refractivity contribution < 1.29 is 16.8 Å². The average molecular weight is 186 g/mol. The van der Waals surface area contributed by atoms with E-state index >= 15 is 0 Å². The molecule has 1 radical (unpaired) electrons. The molecule has 0 saturated heterocycles. The van der Waals surface area contributed by atoms with Crippen LogP contribution in [0.3, 0.4) is 0 Å². The van der Waals surface area contributed by atoms with Gasteiger partial charge in [0.15, 0.2) is 0 Å². The molecule has 0 heterocycles. The molecule has 0 N–H and O–H groups in total. The molecule has 61 valence electrons. The average Bonchev–Trinajstić information content (AvgIpc) is 1.59. The van der Waals surface area contributed by atoms with E-state index in [4.69, 9.17) is 0 Å². The van der Waals surface area contributed by atoms with Crippen LogP contribution in [0.25, 0.3) is 0 Å². The molecular formula is C3H8NO4S2. The van der Waals surface area contributed by atoms with Crippen LogP contribution in [0.15, 0.2) is 0 Å². The van der Waals surface area contributed by atoms with Gasteiger partial charge in [0.05, 0.1) is 12.5 Å². The highest BCUT2D eigenvalue weighted by Crippen LogP contribution is 2.00. The fraction of sp³-hybridized carbons (Fsp3) is 0.667. The molecule has 0 unspecified atom stereocenters. The Balaban J connectivity index is 4.94. The Labute approximate surface area is 60.8 Å². The van der Waals surface area contributed by atoms with E-state index < -0.39 is 20.0 Å². The Morgan fingerprint density at radius 2 is 1.20 bits per heavy atom. The monoisotopic (exact) mass is 186 g/mol. The van der Waals surface area contributed by atoms with Gasteiger partial charge in [0.1, 0.15) is 0 Å². The lowest BCUT2D eigenvalue weighted by Gasteiger charge is -2.09. The maximum atomic E-state index is 10.5. The van der Waals surface area contributed by atoms with Gasteiger partial charge in [0.25, 0.3) is 0 Å². The molecule has 7 heteroatoms. The van der Waals surface area contributed by atoms with Crippen LogP contribution >= 0.6 is 0 Å². The van der Waals surface area contributed by atoms with Crippen LogP contribution in [0.4, 0.5) is 0 Å². The number of hydrogen-bond acceptors (Lipinski definition) is 4. The topological polar surface area (TPSA) is 71.5 Å². The fourth-order valence-electron chi connectivity index (χ4n) is 0.246. The van der Waals surface area contributed by atoms with Gasteiger partial charge in [0, 0.05) is 7.05 Å². The van der Waals surface area contributed by atoms with Crippen LogP contribution in [0.1, 0.15) is 0 Å². The molecule has 5 nitrogen and oxygen atoms in total. The van der Waals surface area contributed by atoms with Crippen molar-refractivity contribution in [2.45, 2.75) is 0 Å². The summed E-state index contributed by atoms with van der Waals surface area (Å²) in [5, 5.41) is 0. The van der Waals surface area contributed by atoms with Gasteiger partial charge in [-0.3, -0.25) is 0 Å². The largest absolute Gasteiger partial charge is 0.224 e. The summed E-state index contributed by atoms with van der Waals surface area (Å²) in [6, 6.07) is 0. The molecule has 0 aliphatic rings. The predicted octanol–water partition coefficient (Wildman–Crippen LogP) is -1.00. The summed E-state index contributed by atoms with van der Waals surface area (Å²) in [6.07, 6.45) is 1.53. The van der Waals surface area contributed by atoms with E-state index in [1.54, 1.807) is 0 Å². The normalized spacial score (nSPS) is 14.0. The molecule has 0 atom stereocenters. The van der Waals surface area contributed by atoms with Crippen LogP contribution in [0.2, 0.25) is 0 Å². The number of rotatable bonds is 2. The highest BCUT2D eigenvalue weighted by Gasteiger charge is 2.20. The van der Waals surface area contributed by atoms with Crippen molar-refractivity contribution in [1.82, 2.24) is 3.71 Å². The minimum absolute atomic E-state index is 0.0694. The summed E-state index contributed by atoms with van der Waals surface area (Å²) < 4.78 is 41.9. The Hall–Kier alpha value is -0.140. The maximum absolute atomic E-state index is 10.5. The first-order valence-corrected chi connectivity index (χ1v) is 5.86. The lowest BCUT2D eigenvalue weighted by atomic mass is 11.6. The van der Waals surface area contributed by atoms with Gasteiger partial charge in [-0.25, -0.2) is 16.8 Å². The summed E-state index contributed by atoms with van der Waals surface area (Å²) in [5.41, 5.74) is 0. The molecule has 10 heavy (non-hydrogen) atoms. The third-order valence-corrected chi connectivity index (χ3v) is 3.84. The van der Waals surface area contributed by atoms with Gasteiger partial charge in [0.2, 0.25) is 20.0 Å². The van der Waals surface area contributed by atoms with Crippen LogP contribution < -0.4 is 0 Å². The first kappa shape index (κ1) is 9.86. The van der Waals surface area contributed by atoms with Gasteiger partial charge >= 0.3 is 0 Å². The minimum Gasteiger partial charge on any atom is -0.212 e. The second kappa shape index (κ2) is 2.48. The van der Waals surface area contributed by atoms with Crippen LogP contribution in [0, 0.1) is 7.05 Å². The molecule has 0 rings (SSSR count). The molecule has 0 aromatic rings. The smallest absolute Gasteiger partial charge is 0.212 e. The number of hydrogen-bond donors (Lipinski definition) is 0. The summed E-state index contributed by atoms with van der Waals surface area (Å²) >= 11 is 0. The van der Waals surface area contributed by atoms with E-state index in [9.17, 15) is 16.8 Å². The van der Waals surface area contributed by atoms with Gasteiger partial charge in [-0.1, -0.05) is 3.71 Å². The van der Waals surface area contributed by atoms with Crippen LogP contribution in [-0.4, -0.2) is 33.1 Å². The molecule has 0 amide bonds. The van der Waals surface area contributed by atoms with Crippen LogP contribution in [0.5, 0.6) is 0 Å². The Bertz CT molecular complexity index is 267. The molecule has 0 fully saturated rings. The predicted molar refractivity (Wildman–Crippen MR) is 36.9 cm³/mol. The number of nitrogens with zero attached hydrogens (tertiary/aromatic N) is 1.